The summed E-state index contributed by atoms with van der Waals surface area (Å²) in [6.07, 6.45) is -4.51. The van der Waals surface area contributed by atoms with Gasteiger partial charge in [0.2, 0.25) is 5.91 Å². The Morgan fingerprint density at radius 2 is 1.94 bits per heavy atom. The lowest BCUT2D eigenvalue weighted by atomic mass is 9.93. The summed E-state index contributed by atoms with van der Waals surface area (Å²) in [4.78, 5) is 11.5. The van der Waals surface area contributed by atoms with Crippen molar-refractivity contribution >= 4 is 23.1 Å². The van der Waals surface area contributed by atoms with Gasteiger partial charge in [0.15, 0.2) is 0 Å². The lowest BCUT2D eigenvalue weighted by Gasteiger charge is -2.23. The van der Waals surface area contributed by atoms with Crippen molar-refractivity contribution in [2.75, 3.05) is 19.8 Å². The molecule has 0 aliphatic rings. The molecule has 0 rings (SSSR count). The van der Waals surface area contributed by atoms with Crippen LogP contribution in [0.1, 0.15) is 20.3 Å². The highest BCUT2D eigenvalue weighted by Crippen LogP contribution is 2.15. The maximum absolute atomic E-state index is 11.7. The molecule has 1 amide bonds. The Balaban J connectivity index is 3.77. The van der Waals surface area contributed by atoms with E-state index in [4.69, 9.17) is 18.0 Å². The molecule has 18 heavy (non-hydrogen) atoms. The summed E-state index contributed by atoms with van der Waals surface area (Å²) in [7, 11) is 0. The molecule has 0 aromatic carbocycles. The third-order valence-electron chi connectivity index (χ3n) is 2.13. The maximum Gasteiger partial charge on any atom is 0.411 e. The van der Waals surface area contributed by atoms with E-state index in [9.17, 15) is 18.0 Å². The third kappa shape index (κ3) is 8.24. The van der Waals surface area contributed by atoms with Gasteiger partial charge >= 0.3 is 6.18 Å². The zero-order valence-electron chi connectivity index (χ0n) is 10.3. The SMILES string of the molecule is CC(C)(CNC(=O)CCOCC(F)(F)F)C(N)=S. The molecule has 0 aromatic heterocycles. The number of nitrogens with two attached hydrogens (primary N) is 1. The molecule has 0 saturated carbocycles. The van der Waals surface area contributed by atoms with Crippen LogP contribution in [0.4, 0.5) is 13.2 Å². The van der Waals surface area contributed by atoms with E-state index in [1.54, 1.807) is 13.8 Å². The molecule has 0 aromatic rings. The number of halogens is 3. The van der Waals surface area contributed by atoms with E-state index in [0.717, 1.165) is 0 Å². The number of carbonyl (C=O) groups is 1. The number of alkyl halides is 3. The van der Waals surface area contributed by atoms with E-state index in [1.165, 1.54) is 0 Å². The molecule has 0 bridgehead atoms. The molecule has 0 saturated heterocycles. The van der Waals surface area contributed by atoms with E-state index >= 15 is 0 Å². The van der Waals surface area contributed by atoms with Crippen molar-refractivity contribution in [3.05, 3.63) is 0 Å². The lowest BCUT2D eigenvalue weighted by molar-refractivity contribution is -0.174. The predicted octanol–water partition coefficient (Wildman–Crippen LogP) is 1.38. The quantitative estimate of drug-likeness (QED) is 0.548. The van der Waals surface area contributed by atoms with Crippen LogP contribution in [0.25, 0.3) is 0 Å². The third-order valence-corrected chi connectivity index (χ3v) is 2.69. The lowest BCUT2D eigenvalue weighted by Crippen LogP contribution is -2.41. The van der Waals surface area contributed by atoms with E-state index in [1.807, 2.05) is 0 Å². The zero-order chi connectivity index (χ0) is 14.4. The van der Waals surface area contributed by atoms with Crippen molar-refractivity contribution in [3.63, 3.8) is 0 Å². The van der Waals surface area contributed by atoms with Gasteiger partial charge in [-0.05, 0) is 0 Å². The normalized spacial score (nSPS) is 12.3. The molecule has 106 valence electrons. The molecule has 0 fully saturated rings. The summed E-state index contributed by atoms with van der Waals surface area (Å²) in [5, 5.41) is 2.53. The Kier molecular flexibility index (Phi) is 6.55. The zero-order valence-corrected chi connectivity index (χ0v) is 11.1. The number of amides is 1. The van der Waals surface area contributed by atoms with E-state index in [0.29, 0.717) is 0 Å². The highest BCUT2D eigenvalue weighted by atomic mass is 32.1. The number of hydrogen-bond acceptors (Lipinski definition) is 3. The molecule has 3 N–H and O–H groups in total. The highest BCUT2D eigenvalue weighted by molar-refractivity contribution is 7.80. The number of ether oxygens (including phenoxy) is 1. The van der Waals surface area contributed by atoms with Crippen molar-refractivity contribution in [1.29, 1.82) is 0 Å². The van der Waals surface area contributed by atoms with Crippen molar-refractivity contribution in [1.82, 2.24) is 5.32 Å². The van der Waals surface area contributed by atoms with Crippen molar-refractivity contribution in [3.8, 4) is 0 Å². The minimum Gasteiger partial charge on any atom is -0.393 e. The van der Waals surface area contributed by atoms with E-state index in [2.05, 4.69) is 10.1 Å². The largest absolute Gasteiger partial charge is 0.411 e. The summed E-state index contributed by atoms with van der Waals surface area (Å²) in [5.74, 6) is -0.401. The van der Waals surface area contributed by atoms with Gasteiger partial charge in [0, 0.05) is 18.4 Å². The van der Waals surface area contributed by atoms with Gasteiger partial charge in [0.25, 0.3) is 0 Å². The molecule has 4 nitrogen and oxygen atoms in total. The number of rotatable bonds is 7. The molecular weight excluding hydrogens is 269 g/mol. The van der Waals surface area contributed by atoms with Gasteiger partial charge in [-0.1, -0.05) is 26.1 Å². The average molecular weight is 286 g/mol. The van der Waals surface area contributed by atoms with Gasteiger partial charge in [0.1, 0.15) is 6.61 Å². The monoisotopic (exact) mass is 286 g/mol. The smallest absolute Gasteiger partial charge is 0.393 e. The first kappa shape index (κ1) is 17.1. The second kappa shape index (κ2) is 6.89. The van der Waals surface area contributed by atoms with Crippen molar-refractivity contribution in [2.45, 2.75) is 26.4 Å². The van der Waals surface area contributed by atoms with Crippen LogP contribution in [0.3, 0.4) is 0 Å². The maximum atomic E-state index is 11.7. The summed E-state index contributed by atoms with van der Waals surface area (Å²) in [5.41, 5.74) is 4.93. The fourth-order valence-corrected chi connectivity index (χ4v) is 0.920. The van der Waals surface area contributed by atoms with Crippen molar-refractivity contribution < 1.29 is 22.7 Å². The molecule has 0 radical (unpaired) electrons. The first-order chi connectivity index (χ1) is 8.04. The molecule has 0 atom stereocenters. The van der Waals surface area contributed by atoms with Crippen molar-refractivity contribution in [2.24, 2.45) is 11.1 Å². The fraction of sp³-hybridized carbons (Fsp3) is 0.800. The number of carbonyl (C=O) groups excluding carboxylic acids is 1. The van der Waals surface area contributed by atoms with Crippen LogP contribution in [-0.2, 0) is 9.53 Å². The number of hydrogen-bond donors (Lipinski definition) is 2. The highest BCUT2D eigenvalue weighted by Gasteiger charge is 2.27. The van der Waals surface area contributed by atoms with Crippen LogP contribution in [0, 0.1) is 5.41 Å². The summed E-state index contributed by atoms with van der Waals surface area (Å²) >= 11 is 4.81. The van der Waals surface area contributed by atoms with Gasteiger partial charge in [-0.3, -0.25) is 4.79 Å². The molecule has 8 heteroatoms. The van der Waals surface area contributed by atoms with Gasteiger partial charge < -0.3 is 15.8 Å². The van der Waals surface area contributed by atoms with Crippen LogP contribution in [-0.4, -0.2) is 36.8 Å². The molecular formula is C10H17F3N2O2S. The summed E-state index contributed by atoms with van der Waals surface area (Å²) in [6.45, 7) is 2.13. The molecule has 0 aliphatic heterocycles. The first-order valence-electron chi connectivity index (χ1n) is 5.26. The summed E-state index contributed by atoms with van der Waals surface area (Å²) in [6, 6.07) is 0. The second-order valence-electron chi connectivity index (χ2n) is 4.44. The average Bonchev–Trinajstić information content (AvgIpc) is 2.20. The molecule has 0 heterocycles. The number of thiocarbonyl (C=S) groups is 1. The first-order valence-corrected chi connectivity index (χ1v) is 5.66. The van der Waals surface area contributed by atoms with Crippen LogP contribution < -0.4 is 11.1 Å². The minimum absolute atomic E-state index is 0.135. The minimum atomic E-state index is -4.37. The predicted molar refractivity (Wildman–Crippen MR) is 65.1 cm³/mol. The topological polar surface area (TPSA) is 64.3 Å². The molecule has 0 spiro atoms. The van der Waals surface area contributed by atoms with Gasteiger partial charge in [-0.2, -0.15) is 13.2 Å². The van der Waals surface area contributed by atoms with Gasteiger partial charge in [-0.15, -0.1) is 0 Å². The van der Waals surface area contributed by atoms with Crippen LogP contribution in [0.15, 0.2) is 0 Å². The van der Waals surface area contributed by atoms with E-state index in [-0.39, 0.29) is 24.6 Å². The number of nitrogens with one attached hydrogen (secondary N) is 1. The Labute approximate surface area is 109 Å². The van der Waals surface area contributed by atoms with Crippen LogP contribution >= 0.6 is 12.2 Å². The van der Waals surface area contributed by atoms with Gasteiger partial charge in [0.05, 0.1) is 11.6 Å². The summed E-state index contributed by atoms with van der Waals surface area (Å²) < 4.78 is 39.5. The fourth-order valence-electron chi connectivity index (χ4n) is 0.848. The van der Waals surface area contributed by atoms with E-state index < -0.39 is 24.1 Å². The Hall–Kier alpha value is -0.890. The van der Waals surface area contributed by atoms with Gasteiger partial charge in [-0.25, -0.2) is 0 Å². The second-order valence-corrected chi connectivity index (χ2v) is 4.88. The van der Waals surface area contributed by atoms with Crippen LogP contribution in [0.5, 0.6) is 0 Å². The Morgan fingerprint density at radius 3 is 2.39 bits per heavy atom. The standard InChI is InChI=1S/C10H17F3N2O2S/c1-9(2,8(14)18)5-15-7(16)3-4-17-6-10(11,12)13/h3-6H2,1-2H3,(H2,14,18)(H,15,16). The molecule has 0 unspecified atom stereocenters. The van der Waals surface area contributed by atoms with Crippen LogP contribution in [0.2, 0.25) is 0 Å². The Morgan fingerprint density at radius 1 is 1.39 bits per heavy atom. The molecule has 0 aliphatic carbocycles. The Bertz CT molecular complexity index is 306.